The normalized spacial score (nSPS) is 12.4. The molecule has 0 radical (unpaired) electrons. The first-order valence-corrected chi connectivity index (χ1v) is 10.8. The molecule has 1 aromatic rings. The van der Waals surface area contributed by atoms with Gasteiger partial charge in [0.1, 0.15) is 12.6 Å². The molecule has 0 aliphatic heterocycles. The van der Waals surface area contributed by atoms with Crippen molar-refractivity contribution in [2.24, 2.45) is 5.73 Å². The molecule has 0 heterocycles. The van der Waals surface area contributed by atoms with Gasteiger partial charge in [-0.3, -0.25) is 19.2 Å². The molecule has 1 rings (SSSR count). The summed E-state index contributed by atoms with van der Waals surface area (Å²) in [7, 11) is 7.57. The van der Waals surface area contributed by atoms with Crippen molar-refractivity contribution in [3.63, 3.8) is 0 Å². The Morgan fingerprint density at radius 3 is 2.22 bits per heavy atom. The number of carbonyl (C=O) groups excluding carboxylic acids is 2. The highest BCUT2D eigenvalue weighted by atomic mass is 32.2. The van der Waals surface area contributed by atoms with Gasteiger partial charge in [0.25, 0.3) is 0 Å². The fourth-order valence-corrected chi connectivity index (χ4v) is 3.78. The minimum atomic E-state index is -1.22. The molecule has 12 heteroatoms. The van der Waals surface area contributed by atoms with Crippen LogP contribution in [0.4, 0.5) is 11.4 Å². The molecule has 0 saturated carbocycles. The van der Waals surface area contributed by atoms with E-state index >= 15 is 0 Å². The summed E-state index contributed by atoms with van der Waals surface area (Å²) in [5.74, 6) is -3.55. The lowest BCUT2D eigenvalue weighted by Gasteiger charge is -2.23. The van der Waals surface area contributed by atoms with Crippen molar-refractivity contribution in [2.45, 2.75) is 29.8 Å². The Labute approximate surface area is 191 Å². The number of thioether (sulfide) groups is 1. The van der Waals surface area contributed by atoms with Crippen molar-refractivity contribution in [3.05, 3.63) is 18.2 Å². The standard InChI is InChI=1S/C20H31N5O6S/c1-24(2)12-5-7-15(25(3)4)16(9-12)32-11-14(20(31)22-10-18(28)29)23-19(30)13(21)6-8-17(26)27/h5,7,9,13-14H,6,8,10-11,21H2,1-4H3,(H,22,31)(H,23,30)(H,26,27)(H,28,29)/t13-,14-/m0/s1. The van der Waals surface area contributed by atoms with E-state index in [2.05, 4.69) is 10.6 Å². The number of carbonyl (C=O) groups is 4. The van der Waals surface area contributed by atoms with Crippen molar-refractivity contribution >= 4 is 46.9 Å². The Bertz CT molecular complexity index is 833. The van der Waals surface area contributed by atoms with Crippen LogP contribution in [0.15, 0.2) is 23.1 Å². The maximum atomic E-state index is 12.5. The van der Waals surface area contributed by atoms with E-state index in [4.69, 9.17) is 15.9 Å². The Morgan fingerprint density at radius 2 is 1.69 bits per heavy atom. The first-order valence-electron chi connectivity index (χ1n) is 9.81. The van der Waals surface area contributed by atoms with Gasteiger partial charge in [-0.1, -0.05) is 0 Å². The van der Waals surface area contributed by atoms with Gasteiger partial charge in [-0.05, 0) is 24.6 Å². The Morgan fingerprint density at radius 1 is 1.03 bits per heavy atom. The molecule has 0 aliphatic carbocycles. The van der Waals surface area contributed by atoms with Gasteiger partial charge in [0.15, 0.2) is 0 Å². The topological polar surface area (TPSA) is 165 Å². The SMILES string of the molecule is CN(C)c1ccc(N(C)C)c(SC[C@H](NC(=O)[C@@H](N)CCC(=O)O)C(=O)NCC(=O)O)c1. The van der Waals surface area contributed by atoms with Crippen molar-refractivity contribution in [1.82, 2.24) is 10.6 Å². The van der Waals surface area contributed by atoms with Crippen LogP contribution in [0.5, 0.6) is 0 Å². The summed E-state index contributed by atoms with van der Waals surface area (Å²) in [5.41, 5.74) is 7.60. The number of nitrogens with two attached hydrogens (primary N) is 1. The third-order valence-corrected chi connectivity index (χ3v) is 5.54. The molecule has 11 nitrogen and oxygen atoms in total. The number of nitrogens with zero attached hydrogens (tertiary/aromatic N) is 2. The van der Waals surface area contributed by atoms with E-state index in [0.717, 1.165) is 16.3 Å². The number of rotatable bonds is 13. The molecule has 32 heavy (non-hydrogen) atoms. The number of anilines is 2. The Balaban J connectivity index is 3.02. The maximum absolute atomic E-state index is 12.5. The van der Waals surface area contributed by atoms with Crippen LogP contribution in [0.2, 0.25) is 0 Å². The van der Waals surface area contributed by atoms with Crippen LogP contribution in [-0.4, -0.2) is 86.5 Å². The quantitative estimate of drug-likeness (QED) is 0.244. The van der Waals surface area contributed by atoms with E-state index in [-0.39, 0.29) is 18.6 Å². The molecular formula is C20H31N5O6S. The summed E-state index contributed by atoms with van der Waals surface area (Å²) in [4.78, 5) is 51.2. The summed E-state index contributed by atoms with van der Waals surface area (Å²) < 4.78 is 0. The van der Waals surface area contributed by atoms with E-state index < -0.39 is 42.4 Å². The van der Waals surface area contributed by atoms with Gasteiger partial charge in [-0.2, -0.15) is 0 Å². The smallest absolute Gasteiger partial charge is 0.322 e. The predicted molar refractivity (Wildman–Crippen MR) is 123 cm³/mol. The van der Waals surface area contributed by atoms with Crippen LogP contribution in [0.3, 0.4) is 0 Å². The average molecular weight is 470 g/mol. The highest BCUT2D eigenvalue weighted by Gasteiger charge is 2.25. The minimum absolute atomic E-state index is 0.0898. The van der Waals surface area contributed by atoms with Crippen molar-refractivity contribution in [2.75, 3.05) is 50.3 Å². The van der Waals surface area contributed by atoms with E-state index in [9.17, 15) is 19.2 Å². The largest absolute Gasteiger partial charge is 0.481 e. The molecule has 0 aliphatic rings. The van der Waals surface area contributed by atoms with E-state index in [0.29, 0.717) is 0 Å². The van der Waals surface area contributed by atoms with Crippen molar-refractivity contribution in [1.29, 1.82) is 0 Å². The highest BCUT2D eigenvalue weighted by molar-refractivity contribution is 7.99. The predicted octanol–water partition coefficient (Wildman–Crippen LogP) is -0.212. The average Bonchev–Trinajstić information content (AvgIpc) is 2.72. The van der Waals surface area contributed by atoms with Gasteiger partial charge in [-0.25, -0.2) is 0 Å². The second kappa shape index (κ2) is 12.8. The van der Waals surface area contributed by atoms with Gasteiger partial charge in [0, 0.05) is 50.9 Å². The van der Waals surface area contributed by atoms with Crippen molar-refractivity contribution < 1.29 is 29.4 Å². The van der Waals surface area contributed by atoms with Crippen LogP contribution in [0.25, 0.3) is 0 Å². The number of nitrogens with one attached hydrogen (secondary N) is 2. The lowest BCUT2D eigenvalue weighted by Crippen LogP contribution is -2.53. The van der Waals surface area contributed by atoms with E-state index in [1.165, 1.54) is 11.8 Å². The fraction of sp³-hybridized carbons (Fsp3) is 0.500. The van der Waals surface area contributed by atoms with Crippen LogP contribution in [0.1, 0.15) is 12.8 Å². The van der Waals surface area contributed by atoms with E-state index in [1.807, 2.05) is 56.2 Å². The summed E-state index contributed by atoms with van der Waals surface area (Å²) in [6.45, 7) is -0.597. The number of amides is 2. The number of carboxylic acids is 2. The molecule has 0 bridgehead atoms. The number of hydrogen-bond acceptors (Lipinski definition) is 8. The molecule has 0 spiro atoms. The third-order valence-electron chi connectivity index (χ3n) is 4.40. The number of benzene rings is 1. The minimum Gasteiger partial charge on any atom is -0.481 e. The van der Waals surface area contributed by atoms with Crippen molar-refractivity contribution in [3.8, 4) is 0 Å². The van der Waals surface area contributed by atoms with Crippen LogP contribution in [0, 0.1) is 0 Å². The van der Waals surface area contributed by atoms with E-state index in [1.54, 1.807) is 0 Å². The first-order chi connectivity index (χ1) is 14.9. The number of carboxylic acid groups (broad SMARTS) is 2. The summed E-state index contributed by atoms with van der Waals surface area (Å²) in [6, 6.07) is 3.67. The van der Waals surface area contributed by atoms with Gasteiger partial charge in [0.05, 0.1) is 11.7 Å². The van der Waals surface area contributed by atoms with Crippen LogP contribution < -0.4 is 26.2 Å². The molecule has 0 aromatic heterocycles. The molecule has 1 aromatic carbocycles. The number of hydrogen-bond donors (Lipinski definition) is 5. The monoisotopic (exact) mass is 469 g/mol. The Kier molecular flexibility index (Phi) is 10.8. The molecule has 6 N–H and O–H groups in total. The summed E-state index contributed by atoms with van der Waals surface area (Å²) >= 11 is 1.32. The maximum Gasteiger partial charge on any atom is 0.322 e. The van der Waals surface area contributed by atoms with Gasteiger partial charge < -0.3 is 36.4 Å². The molecule has 178 valence electrons. The molecule has 2 atom stereocenters. The van der Waals surface area contributed by atoms with Gasteiger partial charge in [0.2, 0.25) is 11.8 Å². The summed E-state index contributed by atoms with van der Waals surface area (Å²) in [5, 5.41) is 22.4. The number of aliphatic carboxylic acids is 2. The first kappa shape index (κ1) is 27.0. The molecule has 2 amide bonds. The lowest BCUT2D eigenvalue weighted by molar-refractivity contribution is -0.138. The lowest BCUT2D eigenvalue weighted by atomic mass is 10.1. The Hall–Kier alpha value is -2.99. The zero-order valence-corrected chi connectivity index (χ0v) is 19.4. The molecular weight excluding hydrogens is 438 g/mol. The highest BCUT2D eigenvalue weighted by Crippen LogP contribution is 2.33. The van der Waals surface area contributed by atoms with Crippen LogP contribution >= 0.6 is 11.8 Å². The van der Waals surface area contributed by atoms with Gasteiger partial charge >= 0.3 is 11.9 Å². The van der Waals surface area contributed by atoms with Crippen LogP contribution in [-0.2, 0) is 19.2 Å². The third kappa shape index (κ3) is 9.02. The second-order valence-electron chi connectivity index (χ2n) is 7.46. The zero-order valence-electron chi connectivity index (χ0n) is 18.6. The fourth-order valence-electron chi connectivity index (χ4n) is 2.60. The molecule has 0 fully saturated rings. The molecule has 0 saturated heterocycles. The summed E-state index contributed by atoms with van der Waals surface area (Å²) in [6.07, 6.45) is -0.379. The second-order valence-corrected chi connectivity index (χ2v) is 8.53. The van der Waals surface area contributed by atoms with Gasteiger partial charge in [-0.15, -0.1) is 11.8 Å². The molecule has 0 unspecified atom stereocenters. The zero-order chi connectivity index (χ0) is 24.4.